The number of hydrogen-bond acceptors (Lipinski definition) is 6. The normalized spacial score (nSPS) is 17.7. The molecule has 1 atom stereocenters. The summed E-state index contributed by atoms with van der Waals surface area (Å²) in [6.07, 6.45) is -4.59. The Morgan fingerprint density at radius 2 is 1.83 bits per heavy atom. The Hall–Kier alpha value is -2.30. The maximum absolute atomic E-state index is 13.4. The summed E-state index contributed by atoms with van der Waals surface area (Å²) in [4.78, 5) is 0. The molecular weight excluding hydrogens is 457 g/mol. The van der Waals surface area contributed by atoms with Gasteiger partial charge in [0.2, 0.25) is 5.16 Å². The fourth-order valence-corrected chi connectivity index (χ4v) is 5.56. The van der Waals surface area contributed by atoms with E-state index in [1.807, 2.05) is 35.7 Å². The Morgan fingerprint density at radius 1 is 1.07 bits per heavy atom. The van der Waals surface area contributed by atoms with Gasteiger partial charge in [-0.1, -0.05) is 53.7 Å². The molecule has 5 rings (SSSR count). The monoisotopic (exact) mass is 468 g/mol. The zero-order valence-corrected chi connectivity index (χ0v) is 17.4. The van der Waals surface area contributed by atoms with Gasteiger partial charge in [0.15, 0.2) is 0 Å². The van der Waals surface area contributed by atoms with E-state index in [2.05, 4.69) is 10.2 Å². The second kappa shape index (κ2) is 7.44. The van der Waals surface area contributed by atoms with Crippen molar-refractivity contribution in [3.05, 3.63) is 80.9 Å². The molecule has 0 aliphatic carbocycles. The van der Waals surface area contributed by atoms with Crippen LogP contribution in [0.15, 0.2) is 64.1 Å². The number of benzene rings is 2. The van der Waals surface area contributed by atoms with Crippen molar-refractivity contribution in [3.63, 3.8) is 0 Å². The highest BCUT2D eigenvalue weighted by Crippen LogP contribution is 2.52. The summed E-state index contributed by atoms with van der Waals surface area (Å²) in [5.41, 5.74) is 1.71. The van der Waals surface area contributed by atoms with Crippen LogP contribution in [0.2, 0.25) is 5.02 Å². The molecule has 0 amide bonds. The van der Waals surface area contributed by atoms with Gasteiger partial charge in [-0.05, 0) is 35.5 Å². The first-order chi connectivity index (χ1) is 14.4. The van der Waals surface area contributed by atoms with Gasteiger partial charge in [-0.25, -0.2) is 4.68 Å². The Balaban J connectivity index is 1.36. The highest BCUT2D eigenvalue weighted by atomic mass is 35.5. The highest BCUT2D eigenvalue weighted by molar-refractivity contribution is 8.07. The van der Waals surface area contributed by atoms with Gasteiger partial charge in [-0.2, -0.15) is 13.2 Å². The van der Waals surface area contributed by atoms with Crippen LogP contribution in [0.1, 0.15) is 22.3 Å². The number of fused-ring (bicyclic) bond motifs is 3. The second-order valence-corrected chi connectivity index (χ2v) is 8.81. The summed E-state index contributed by atoms with van der Waals surface area (Å²) in [6.45, 7) is 0.324. The predicted molar refractivity (Wildman–Crippen MR) is 110 cm³/mol. The van der Waals surface area contributed by atoms with Crippen LogP contribution in [0.3, 0.4) is 0 Å². The van der Waals surface area contributed by atoms with Crippen molar-refractivity contribution in [2.24, 2.45) is 0 Å². The fraction of sp³-hybridized carbons (Fsp3) is 0.158. The average molecular weight is 469 g/mol. The Labute approximate surface area is 182 Å². The molecule has 2 aromatic carbocycles. The van der Waals surface area contributed by atoms with Gasteiger partial charge < -0.3 is 4.74 Å². The van der Waals surface area contributed by atoms with Gasteiger partial charge in [0.1, 0.15) is 22.8 Å². The molecule has 0 bridgehead atoms. The van der Waals surface area contributed by atoms with E-state index in [1.54, 1.807) is 23.2 Å². The lowest BCUT2D eigenvalue weighted by atomic mass is 10.2. The molecule has 0 radical (unpaired) electrons. The van der Waals surface area contributed by atoms with Crippen LogP contribution in [0.5, 0.6) is 5.75 Å². The number of rotatable bonds is 4. The largest absolute Gasteiger partial charge is 0.489 e. The van der Waals surface area contributed by atoms with E-state index >= 15 is 0 Å². The summed E-state index contributed by atoms with van der Waals surface area (Å²) < 4.78 is 46.9. The molecule has 3 aromatic rings. The van der Waals surface area contributed by atoms with Crippen molar-refractivity contribution in [3.8, 4) is 5.75 Å². The molecule has 1 unspecified atom stereocenters. The molecule has 3 heterocycles. The number of ether oxygens (including phenoxy) is 1. The first kappa shape index (κ1) is 19.7. The lowest BCUT2D eigenvalue weighted by Crippen LogP contribution is -2.33. The standard InChI is InChI=1S/C19H12ClF3N4OS2/c20-14-4-2-1-3-12(14)9-28-13-7-5-11(6-8-13)16-26-15(10-29-16)30-18-25-24-17(27(18)26)19(21,22)23/h1-8,10,16H,9H2. The van der Waals surface area contributed by atoms with E-state index in [0.29, 0.717) is 22.4 Å². The molecule has 30 heavy (non-hydrogen) atoms. The smallest absolute Gasteiger partial charge is 0.453 e. The van der Waals surface area contributed by atoms with Crippen molar-refractivity contribution in [2.75, 3.05) is 5.01 Å². The zero-order valence-electron chi connectivity index (χ0n) is 15.0. The third-order valence-electron chi connectivity index (χ3n) is 4.54. The first-order valence-electron chi connectivity index (χ1n) is 8.73. The van der Waals surface area contributed by atoms with Crippen molar-refractivity contribution in [1.29, 1.82) is 0 Å². The lowest BCUT2D eigenvalue weighted by molar-refractivity contribution is -0.147. The minimum absolute atomic E-state index is 0.207. The number of halogens is 4. The average Bonchev–Trinajstić information content (AvgIpc) is 3.38. The zero-order chi connectivity index (χ0) is 20.9. The minimum atomic E-state index is -4.59. The summed E-state index contributed by atoms with van der Waals surface area (Å²) in [7, 11) is 0. The van der Waals surface area contributed by atoms with Crippen molar-refractivity contribution < 1.29 is 17.9 Å². The van der Waals surface area contributed by atoms with Gasteiger partial charge in [-0.3, -0.25) is 5.01 Å². The molecule has 11 heteroatoms. The number of nitrogens with zero attached hydrogens (tertiary/aromatic N) is 4. The van der Waals surface area contributed by atoms with Crippen LogP contribution >= 0.6 is 35.1 Å². The van der Waals surface area contributed by atoms with Gasteiger partial charge in [-0.15, -0.1) is 10.2 Å². The third-order valence-corrected chi connectivity index (χ3v) is 7.10. The van der Waals surface area contributed by atoms with E-state index < -0.39 is 12.0 Å². The molecule has 1 aromatic heterocycles. The van der Waals surface area contributed by atoms with Crippen molar-refractivity contribution in [1.82, 2.24) is 14.9 Å². The van der Waals surface area contributed by atoms with Crippen molar-refractivity contribution in [2.45, 2.75) is 23.3 Å². The lowest BCUT2D eigenvalue weighted by Gasteiger charge is -2.26. The molecule has 0 saturated carbocycles. The molecule has 5 nitrogen and oxygen atoms in total. The summed E-state index contributed by atoms with van der Waals surface area (Å²) in [5, 5.41) is 11.6. The fourth-order valence-electron chi connectivity index (χ4n) is 3.14. The van der Waals surface area contributed by atoms with Crippen molar-refractivity contribution >= 4 is 35.1 Å². The molecular formula is C19H12ClF3N4OS2. The van der Waals surface area contributed by atoms with E-state index in [9.17, 15) is 13.2 Å². The van der Waals surface area contributed by atoms with Crippen LogP contribution < -0.4 is 9.75 Å². The highest BCUT2D eigenvalue weighted by Gasteiger charge is 2.47. The van der Waals surface area contributed by atoms with E-state index in [-0.39, 0.29) is 10.5 Å². The molecule has 0 fully saturated rings. The summed E-state index contributed by atoms with van der Waals surface area (Å²) >= 11 is 8.75. The Bertz CT molecular complexity index is 1130. The molecule has 0 N–H and O–H groups in total. The van der Waals surface area contributed by atoms with E-state index in [0.717, 1.165) is 15.8 Å². The minimum Gasteiger partial charge on any atom is -0.489 e. The van der Waals surface area contributed by atoms with Gasteiger partial charge in [0.25, 0.3) is 5.82 Å². The van der Waals surface area contributed by atoms with Gasteiger partial charge in [0.05, 0.1) is 0 Å². The summed E-state index contributed by atoms with van der Waals surface area (Å²) in [5.74, 6) is -0.382. The second-order valence-electron chi connectivity index (χ2n) is 6.46. The molecule has 0 saturated heterocycles. The predicted octanol–water partition coefficient (Wildman–Crippen LogP) is 5.82. The van der Waals surface area contributed by atoms with E-state index in [1.165, 1.54) is 23.5 Å². The quantitative estimate of drug-likeness (QED) is 0.481. The SMILES string of the molecule is FC(F)(F)c1nnc2n1N1C(=CSC1c1ccc(OCc3ccccc3Cl)cc1)S2. The number of aromatic nitrogens is 3. The van der Waals surface area contributed by atoms with Crippen LogP contribution in [0, 0.1) is 0 Å². The van der Waals surface area contributed by atoms with Crippen LogP contribution in [0.25, 0.3) is 0 Å². The molecule has 2 aliphatic heterocycles. The van der Waals surface area contributed by atoms with E-state index in [4.69, 9.17) is 16.3 Å². The van der Waals surface area contributed by atoms with Crippen LogP contribution in [-0.2, 0) is 12.8 Å². The number of thioether (sulfide) groups is 2. The molecule has 154 valence electrons. The first-order valence-corrected chi connectivity index (χ1v) is 10.9. The van der Waals surface area contributed by atoms with Crippen LogP contribution in [-0.4, -0.2) is 14.9 Å². The van der Waals surface area contributed by atoms with Gasteiger partial charge >= 0.3 is 6.18 Å². The number of alkyl halides is 3. The molecule has 2 aliphatic rings. The third kappa shape index (κ3) is 3.42. The van der Waals surface area contributed by atoms with Crippen LogP contribution in [0.4, 0.5) is 13.2 Å². The van der Waals surface area contributed by atoms with Gasteiger partial charge in [0, 0.05) is 16.0 Å². The number of hydrogen-bond donors (Lipinski definition) is 0. The maximum atomic E-state index is 13.4. The topological polar surface area (TPSA) is 43.2 Å². The Morgan fingerprint density at radius 3 is 2.57 bits per heavy atom. The Kier molecular flexibility index (Phi) is 4.87. The maximum Gasteiger partial charge on any atom is 0.453 e. The molecule has 0 spiro atoms. The summed E-state index contributed by atoms with van der Waals surface area (Å²) in [6, 6.07) is 14.7.